The molecule has 0 aromatic carbocycles. The van der Waals surface area contributed by atoms with Crippen LogP contribution in [0.15, 0.2) is 0 Å². The molecule has 0 spiro atoms. The van der Waals surface area contributed by atoms with E-state index in [9.17, 15) is 14.4 Å². The molecule has 18 heavy (non-hydrogen) atoms. The van der Waals surface area contributed by atoms with Crippen molar-refractivity contribution in [2.75, 3.05) is 18.6 Å². The fourth-order valence-electron chi connectivity index (χ4n) is 1.24. The molecule has 104 valence electrons. The van der Waals surface area contributed by atoms with Gasteiger partial charge >= 0.3 is 12.0 Å². The summed E-state index contributed by atoms with van der Waals surface area (Å²) in [5.41, 5.74) is 0. The third-order valence-electron chi connectivity index (χ3n) is 2.11. The summed E-state index contributed by atoms with van der Waals surface area (Å²) in [6.45, 7) is 2.51. The minimum atomic E-state index is -0.946. The van der Waals surface area contributed by atoms with Crippen LogP contribution in [0.2, 0.25) is 0 Å². The first-order valence-corrected chi connectivity index (χ1v) is 7.13. The van der Waals surface area contributed by atoms with Crippen LogP contribution >= 0.6 is 11.8 Å². The number of thioether (sulfide) groups is 1. The Morgan fingerprint density at radius 2 is 1.94 bits per heavy atom. The van der Waals surface area contributed by atoms with E-state index in [1.165, 1.54) is 0 Å². The van der Waals surface area contributed by atoms with Gasteiger partial charge in [0.05, 0.1) is 0 Å². The number of carboxylic acids is 1. The normalized spacial score (nSPS) is 11.7. The van der Waals surface area contributed by atoms with Gasteiger partial charge < -0.3 is 10.4 Å². The maximum Gasteiger partial charge on any atom is 0.321 e. The first kappa shape index (κ1) is 16.8. The minimum Gasteiger partial charge on any atom is -0.481 e. The van der Waals surface area contributed by atoms with Gasteiger partial charge in [0, 0.05) is 19.4 Å². The number of aliphatic carboxylic acids is 1. The van der Waals surface area contributed by atoms with Crippen LogP contribution < -0.4 is 10.6 Å². The smallest absolute Gasteiger partial charge is 0.321 e. The Bertz CT molecular complexity index is 297. The van der Waals surface area contributed by atoms with Crippen molar-refractivity contribution < 1.29 is 19.5 Å². The molecule has 1 unspecified atom stereocenters. The quantitative estimate of drug-likeness (QED) is 0.616. The molecule has 0 aliphatic carbocycles. The maximum absolute atomic E-state index is 11.3. The predicted molar refractivity (Wildman–Crippen MR) is 70.6 cm³/mol. The number of hydrogen-bond acceptors (Lipinski definition) is 4. The van der Waals surface area contributed by atoms with Gasteiger partial charge in [0.1, 0.15) is 0 Å². The van der Waals surface area contributed by atoms with Crippen molar-refractivity contribution >= 4 is 29.7 Å². The van der Waals surface area contributed by atoms with E-state index in [0.717, 1.165) is 5.75 Å². The van der Waals surface area contributed by atoms with Gasteiger partial charge in [-0.1, -0.05) is 6.92 Å². The number of rotatable bonds is 8. The lowest BCUT2D eigenvalue weighted by atomic mass is 10.2. The number of carbonyl (C=O) groups excluding carboxylic acids is 2. The number of amides is 3. The molecule has 0 fully saturated rings. The van der Waals surface area contributed by atoms with E-state index >= 15 is 0 Å². The van der Waals surface area contributed by atoms with Gasteiger partial charge in [-0.3, -0.25) is 14.9 Å². The summed E-state index contributed by atoms with van der Waals surface area (Å²) in [5, 5.41) is 13.2. The first-order chi connectivity index (χ1) is 8.45. The molecule has 0 heterocycles. The van der Waals surface area contributed by atoms with E-state index in [1.807, 2.05) is 13.2 Å². The molecule has 6 nitrogen and oxygen atoms in total. The van der Waals surface area contributed by atoms with Crippen LogP contribution in [0.5, 0.6) is 0 Å². The van der Waals surface area contributed by atoms with Crippen LogP contribution in [0.4, 0.5) is 4.79 Å². The molecule has 1 atom stereocenters. The van der Waals surface area contributed by atoms with Crippen LogP contribution in [0.25, 0.3) is 0 Å². The highest BCUT2D eigenvalue weighted by Gasteiger charge is 2.09. The zero-order valence-electron chi connectivity index (χ0n) is 10.7. The van der Waals surface area contributed by atoms with Crippen molar-refractivity contribution in [2.45, 2.75) is 26.2 Å². The number of carbonyl (C=O) groups is 3. The van der Waals surface area contributed by atoms with Gasteiger partial charge in [-0.2, -0.15) is 11.8 Å². The van der Waals surface area contributed by atoms with E-state index in [2.05, 4.69) is 10.6 Å². The number of urea groups is 1. The summed E-state index contributed by atoms with van der Waals surface area (Å²) in [6, 6.07) is -0.525. The summed E-state index contributed by atoms with van der Waals surface area (Å²) in [4.78, 5) is 32.8. The Kier molecular flexibility index (Phi) is 9.08. The van der Waals surface area contributed by atoms with Gasteiger partial charge in [-0.25, -0.2) is 4.79 Å². The highest BCUT2D eigenvalue weighted by atomic mass is 32.2. The van der Waals surface area contributed by atoms with Crippen LogP contribution in [-0.4, -0.2) is 41.6 Å². The molecule has 7 heteroatoms. The van der Waals surface area contributed by atoms with E-state index in [-0.39, 0.29) is 19.3 Å². The Labute approximate surface area is 111 Å². The fraction of sp³-hybridized carbons (Fsp3) is 0.727. The maximum atomic E-state index is 11.3. The highest BCUT2D eigenvalue weighted by Crippen LogP contribution is 2.02. The van der Waals surface area contributed by atoms with Gasteiger partial charge in [-0.05, 0) is 24.3 Å². The number of imide groups is 1. The van der Waals surface area contributed by atoms with Crippen molar-refractivity contribution in [1.29, 1.82) is 0 Å². The average molecular weight is 276 g/mol. The Morgan fingerprint density at radius 1 is 1.28 bits per heavy atom. The second-order valence-corrected chi connectivity index (χ2v) is 4.98. The molecule has 0 aliphatic heterocycles. The van der Waals surface area contributed by atoms with Gasteiger partial charge in [-0.15, -0.1) is 0 Å². The summed E-state index contributed by atoms with van der Waals surface area (Å²) >= 11 is 1.69. The van der Waals surface area contributed by atoms with E-state index < -0.39 is 17.9 Å². The Morgan fingerprint density at radius 3 is 2.50 bits per heavy atom. The van der Waals surface area contributed by atoms with Gasteiger partial charge in [0.25, 0.3) is 0 Å². The third-order valence-corrected chi connectivity index (χ3v) is 3.01. The Balaban J connectivity index is 3.67. The second kappa shape index (κ2) is 9.76. The fourth-order valence-corrected chi connectivity index (χ4v) is 1.93. The van der Waals surface area contributed by atoms with E-state index in [4.69, 9.17) is 5.11 Å². The molecule has 3 N–H and O–H groups in total. The molecule has 0 rings (SSSR count). The molecule has 0 radical (unpaired) electrons. The highest BCUT2D eigenvalue weighted by molar-refractivity contribution is 7.98. The summed E-state index contributed by atoms with van der Waals surface area (Å²) in [5.74, 6) is -0.121. The van der Waals surface area contributed by atoms with Crippen molar-refractivity contribution in [3.8, 4) is 0 Å². The second-order valence-electron chi connectivity index (χ2n) is 4.07. The summed E-state index contributed by atoms with van der Waals surface area (Å²) in [6.07, 6.45) is 2.19. The largest absolute Gasteiger partial charge is 0.481 e. The molecule has 0 aromatic rings. The molecule has 0 saturated carbocycles. The standard InChI is InChI=1S/C11H20N2O4S/c1-8(7-18-2)6-12-11(17)13-9(14)4-3-5-10(15)16/h8H,3-7H2,1-2H3,(H,15,16)(H2,12,13,14,17). The van der Waals surface area contributed by atoms with Crippen LogP contribution in [0.3, 0.4) is 0 Å². The minimum absolute atomic E-state index is 0.0418. The zero-order chi connectivity index (χ0) is 14.0. The van der Waals surface area contributed by atoms with Crippen molar-refractivity contribution in [2.24, 2.45) is 5.92 Å². The topological polar surface area (TPSA) is 95.5 Å². The zero-order valence-corrected chi connectivity index (χ0v) is 11.5. The van der Waals surface area contributed by atoms with Crippen LogP contribution in [-0.2, 0) is 9.59 Å². The van der Waals surface area contributed by atoms with Crippen LogP contribution in [0, 0.1) is 5.92 Å². The molecule has 0 saturated heterocycles. The lowest BCUT2D eigenvalue weighted by Crippen LogP contribution is -2.41. The predicted octanol–water partition coefficient (Wildman–Crippen LogP) is 1.07. The van der Waals surface area contributed by atoms with Gasteiger partial charge in [0.15, 0.2) is 0 Å². The van der Waals surface area contributed by atoms with Crippen molar-refractivity contribution in [3.05, 3.63) is 0 Å². The van der Waals surface area contributed by atoms with E-state index in [0.29, 0.717) is 12.5 Å². The SMILES string of the molecule is CSCC(C)CNC(=O)NC(=O)CCCC(=O)O. The molecular weight excluding hydrogens is 256 g/mol. The van der Waals surface area contributed by atoms with Crippen molar-refractivity contribution in [1.82, 2.24) is 10.6 Å². The summed E-state index contributed by atoms with van der Waals surface area (Å²) in [7, 11) is 0. The first-order valence-electron chi connectivity index (χ1n) is 5.74. The molecular formula is C11H20N2O4S. The van der Waals surface area contributed by atoms with Gasteiger partial charge in [0.2, 0.25) is 5.91 Å². The molecule has 0 bridgehead atoms. The average Bonchev–Trinajstić information content (AvgIpc) is 2.26. The summed E-state index contributed by atoms with van der Waals surface area (Å²) < 4.78 is 0. The number of nitrogens with one attached hydrogen (secondary N) is 2. The van der Waals surface area contributed by atoms with Crippen molar-refractivity contribution in [3.63, 3.8) is 0 Å². The monoisotopic (exact) mass is 276 g/mol. The lowest BCUT2D eigenvalue weighted by molar-refractivity contribution is -0.137. The molecule has 3 amide bonds. The lowest BCUT2D eigenvalue weighted by Gasteiger charge is -2.11. The molecule has 0 aliphatic rings. The van der Waals surface area contributed by atoms with Crippen LogP contribution in [0.1, 0.15) is 26.2 Å². The number of hydrogen-bond donors (Lipinski definition) is 3. The van der Waals surface area contributed by atoms with E-state index in [1.54, 1.807) is 11.8 Å². The molecule has 0 aromatic heterocycles. The Hall–Kier alpha value is -1.24. The number of carboxylic acid groups (broad SMARTS) is 1. The third kappa shape index (κ3) is 9.95.